The number of halogens is 1. The van der Waals surface area contributed by atoms with Crippen molar-refractivity contribution < 1.29 is 14.9 Å². The van der Waals surface area contributed by atoms with Crippen LogP contribution in [0.4, 0.5) is 5.82 Å². The highest BCUT2D eigenvalue weighted by molar-refractivity contribution is 6.33. The van der Waals surface area contributed by atoms with E-state index in [1.807, 2.05) is 41.1 Å². The van der Waals surface area contributed by atoms with Crippen LogP contribution in [0.5, 0.6) is 0 Å². The van der Waals surface area contributed by atoms with Crippen molar-refractivity contribution in [1.29, 1.82) is 0 Å². The maximum atomic E-state index is 11.1. The third-order valence-electron chi connectivity index (χ3n) is 7.05. The van der Waals surface area contributed by atoms with Crippen LogP contribution in [0.15, 0.2) is 48.9 Å². The zero-order valence-corrected chi connectivity index (χ0v) is 17.9. The number of aromatic nitrogens is 4. The lowest BCUT2D eigenvalue weighted by atomic mass is 9.80. The molecule has 0 unspecified atom stereocenters. The Balaban J connectivity index is 1.31. The quantitative estimate of drug-likeness (QED) is 0.401. The Morgan fingerprint density at radius 3 is 2.84 bits per heavy atom. The molecule has 0 amide bonds. The van der Waals surface area contributed by atoms with Gasteiger partial charge in [0.05, 0.1) is 35.8 Å². The number of aliphatic hydroxyl groups is 2. The summed E-state index contributed by atoms with van der Waals surface area (Å²) in [6, 6.07) is 11.2. The van der Waals surface area contributed by atoms with Crippen molar-refractivity contribution in [3.05, 3.63) is 59.6 Å². The Bertz CT molecular complexity index is 1340. The minimum Gasteiger partial charge on any atom is -0.390 e. The van der Waals surface area contributed by atoms with Gasteiger partial charge in [0, 0.05) is 17.0 Å². The predicted octanol–water partition coefficient (Wildman–Crippen LogP) is 3.03. The summed E-state index contributed by atoms with van der Waals surface area (Å²) < 4.78 is 8.05. The van der Waals surface area contributed by atoms with Gasteiger partial charge in [0.2, 0.25) is 0 Å². The van der Waals surface area contributed by atoms with Crippen molar-refractivity contribution in [2.45, 2.75) is 37.2 Å². The molecule has 1 aliphatic carbocycles. The predicted molar refractivity (Wildman–Crippen MR) is 120 cm³/mol. The first-order chi connectivity index (χ1) is 15.4. The van der Waals surface area contributed by atoms with E-state index in [9.17, 15) is 10.2 Å². The number of rotatable bonds is 2. The third-order valence-corrected chi connectivity index (χ3v) is 7.35. The second kappa shape index (κ2) is 7.11. The van der Waals surface area contributed by atoms with Gasteiger partial charge in [0.25, 0.3) is 0 Å². The molecule has 2 fully saturated rings. The number of aliphatic hydroxyl groups excluding tert-OH is 2. The van der Waals surface area contributed by atoms with Crippen LogP contribution in [0.2, 0.25) is 5.15 Å². The fraction of sp³-hybridized carbons (Fsp3) is 0.348. The molecule has 32 heavy (non-hydrogen) atoms. The molecule has 1 aliphatic heterocycles. The molecule has 4 N–H and O–H groups in total. The number of anilines is 1. The van der Waals surface area contributed by atoms with Crippen LogP contribution >= 0.6 is 11.6 Å². The molecular formula is C23H22ClN5O3. The van der Waals surface area contributed by atoms with Crippen molar-refractivity contribution in [2.75, 3.05) is 12.3 Å². The first-order valence-corrected chi connectivity index (χ1v) is 10.9. The molecule has 0 bridgehead atoms. The maximum absolute atomic E-state index is 11.1. The molecule has 2 aliphatic rings. The second-order valence-corrected chi connectivity index (χ2v) is 9.24. The topological polar surface area (TPSA) is 119 Å². The zero-order valence-electron chi connectivity index (χ0n) is 17.1. The average Bonchev–Trinajstić information content (AvgIpc) is 3.47. The van der Waals surface area contributed by atoms with Crippen LogP contribution in [0, 0.1) is 5.41 Å². The van der Waals surface area contributed by atoms with Crippen molar-refractivity contribution in [1.82, 2.24) is 19.5 Å². The molecule has 4 aromatic rings. The average molecular weight is 452 g/mol. The molecule has 0 radical (unpaired) electrons. The molecule has 3 aromatic heterocycles. The summed E-state index contributed by atoms with van der Waals surface area (Å²) in [5.74, 6) is 0.471. The van der Waals surface area contributed by atoms with Crippen molar-refractivity contribution in [3.8, 4) is 0 Å². The fourth-order valence-electron chi connectivity index (χ4n) is 5.37. The lowest BCUT2D eigenvalue weighted by Crippen LogP contribution is -2.37. The first-order valence-electron chi connectivity index (χ1n) is 10.6. The number of fused-ring (bicyclic) bond motifs is 2. The van der Waals surface area contributed by atoms with Gasteiger partial charge in [-0.25, -0.2) is 15.0 Å². The van der Waals surface area contributed by atoms with Gasteiger partial charge in [-0.1, -0.05) is 23.7 Å². The molecule has 6 rings (SSSR count). The lowest BCUT2D eigenvalue weighted by Gasteiger charge is -2.26. The van der Waals surface area contributed by atoms with Gasteiger partial charge < -0.3 is 25.3 Å². The Morgan fingerprint density at radius 1 is 1.12 bits per heavy atom. The fourth-order valence-corrected chi connectivity index (χ4v) is 5.56. The Morgan fingerprint density at radius 2 is 1.97 bits per heavy atom. The maximum Gasteiger partial charge on any atom is 0.145 e. The first kappa shape index (κ1) is 19.9. The normalized spacial score (nSPS) is 30.1. The highest BCUT2D eigenvalue weighted by Gasteiger charge is 2.57. The van der Waals surface area contributed by atoms with Crippen LogP contribution in [-0.4, -0.2) is 48.5 Å². The summed E-state index contributed by atoms with van der Waals surface area (Å²) >= 11 is 6.19. The molecule has 1 saturated heterocycles. The number of hydrogen-bond donors (Lipinski definition) is 3. The van der Waals surface area contributed by atoms with E-state index in [1.54, 1.807) is 6.07 Å². The second-order valence-electron chi connectivity index (χ2n) is 8.89. The molecule has 4 heterocycles. The van der Waals surface area contributed by atoms with E-state index in [4.69, 9.17) is 22.1 Å². The Hall–Kier alpha value is -2.78. The summed E-state index contributed by atoms with van der Waals surface area (Å²) in [5, 5.41) is 24.2. The molecule has 1 spiro atoms. The van der Waals surface area contributed by atoms with E-state index in [1.165, 1.54) is 6.33 Å². The molecule has 8 nitrogen and oxygen atoms in total. The largest absolute Gasteiger partial charge is 0.390 e. The van der Waals surface area contributed by atoms with Crippen LogP contribution < -0.4 is 5.73 Å². The number of nitrogens with zero attached hydrogens (tertiary/aromatic N) is 4. The number of ether oxygens (including phenoxy) is 1. The third kappa shape index (κ3) is 2.91. The highest BCUT2D eigenvalue weighted by atomic mass is 35.5. The summed E-state index contributed by atoms with van der Waals surface area (Å²) in [6.07, 6.45) is 2.37. The number of nitrogen functional groups attached to an aromatic ring is 1. The zero-order chi connectivity index (χ0) is 22.0. The molecule has 164 valence electrons. The molecule has 9 heteroatoms. The standard InChI is InChI=1S/C23H22ClN5O3/c24-21-14-5-6-29(22(14)27-11-26-21)16-8-23(20(31)19(16)30)9-17(32-10-23)13-2-1-12-3-4-18(25)28-15(12)7-13/h1-7,11,16-17,19-20,30-31H,8-10H2,(H2,25,28)/t16-,17+,19+,20+,23-/m1/s1. The van der Waals surface area contributed by atoms with Gasteiger partial charge in [-0.15, -0.1) is 0 Å². The van der Waals surface area contributed by atoms with Gasteiger partial charge in [-0.3, -0.25) is 0 Å². The molecule has 5 atom stereocenters. The lowest BCUT2D eigenvalue weighted by molar-refractivity contribution is -0.0309. The summed E-state index contributed by atoms with van der Waals surface area (Å²) in [7, 11) is 0. The minimum absolute atomic E-state index is 0.193. The van der Waals surface area contributed by atoms with Crippen molar-refractivity contribution >= 4 is 39.4 Å². The van der Waals surface area contributed by atoms with Gasteiger partial charge in [-0.2, -0.15) is 0 Å². The van der Waals surface area contributed by atoms with E-state index in [2.05, 4.69) is 15.0 Å². The molecular weight excluding hydrogens is 430 g/mol. The van der Waals surface area contributed by atoms with E-state index in [0.717, 1.165) is 21.9 Å². The summed E-state index contributed by atoms with van der Waals surface area (Å²) in [6.45, 7) is 0.365. The van der Waals surface area contributed by atoms with Crippen molar-refractivity contribution in [3.63, 3.8) is 0 Å². The SMILES string of the molecule is Nc1ccc2ccc([C@@H]3C[C@@]4(CO3)C[C@@H](n3ccc5c(Cl)ncnc53)[C@H](O)[C@@H]4O)cc2n1. The Kier molecular flexibility index (Phi) is 4.42. The number of benzene rings is 1. The minimum atomic E-state index is -0.945. The van der Waals surface area contributed by atoms with Crippen LogP contribution in [-0.2, 0) is 4.74 Å². The van der Waals surface area contributed by atoms with Gasteiger partial charge in [-0.05, 0) is 42.7 Å². The molecule has 1 saturated carbocycles. The smallest absolute Gasteiger partial charge is 0.145 e. The number of hydrogen-bond acceptors (Lipinski definition) is 7. The van der Waals surface area contributed by atoms with E-state index in [0.29, 0.717) is 36.1 Å². The van der Waals surface area contributed by atoms with Gasteiger partial charge in [0.1, 0.15) is 29.0 Å². The van der Waals surface area contributed by atoms with Crippen LogP contribution in [0.1, 0.15) is 30.6 Å². The van der Waals surface area contributed by atoms with Gasteiger partial charge in [0.15, 0.2) is 0 Å². The summed E-state index contributed by atoms with van der Waals surface area (Å²) in [5.41, 5.74) is 7.73. The van der Waals surface area contributed by atoms with E-state index < -0.39 is 17.6 Å². The van der Waals surface area contributed by atoms with Crippen LogP contribution in [0.3, 0.4) is 0 Å². The molecule has 1 aromatic carbocycles. The monoisotopic (exact) mass is 451 g/mol. The van der Waals surface area contributed by atoms with Gasteiger partial charge >= 0.3 is 0 Å². The van der Waals surface area contributed by atoms with Crippen molar-refractivity contribution in [2.24, 2.45) is 5.41 Å². The Labute approximate surface area is 188 Å². The van der Waals surface area contributed by atoms with E-state index >= 15 is 0 Å². The highest BCUT2D eigenvalue weighted by Crippen LogP contribution is 2.54. The number of nitrogens with two attached hydrogens (primary N) is 1. The number of pyridine rings is 1. The van der Waals surface area contributed by atoms with E-state index in [-0.39, 0.29) is 12.1 Å². The van der Waals surface area contributed by atoms with Crippen LogP contribution in [0.25, 0.3) is 21.9 Å². The summed E-state index contributed by atoms with van der Waals surface area (Å²) in [4.78, 5) is 12.8.